The molecule has 3 aromatic rings. The van der Waals surface area contributed by atoms with Crippen molar-refractivity contribution < 1.29 is 4.79 Å². The number of nitrogens with one attached hydrogen (secondary N) is 1. The van der Waals surface area contributed by atoms with E-state index < -0.39 is 0 Å². The summed E-state index contributed by atoms with van der Waals surface area (Å²) in [4.78, 5) is 12.8. The van der Waals surface area contributed by atoms with Gasteiger partial charge in [0.25, 0.3) is 0 Å². The molecule has 1 heterocycles. The van der Waals surface area contributed by atoms with Crippen LogP contribution in [0.5, 0.6) is 0 Å². The van der Waals surface area contributed by atoms with Crippen LogP contribution in [-0.4, -0.2) is 15.7 Å². The number of benzene rings is 2. The van der Waals surface area contributed by atoms with Crippen molar-refractivity contribution in [3.05, 3.63) is 81.6 Å². The normalized spacial score (nSPS) is 18.1. The second kappa shape index (κ2) is 7.44. The van der Waals surface area contributed by atoms with Crippen molar-refractivity contribution in [3.63, 3.8) is 0 Å². The molecule has 2 atom stereocenters. The first-order valence-electron chi connectivity index (χ1n) is 9.58. The molecule has 1 aliphatic rings. The predicted octanol–water partition coefficient (Wildman–Crippen LogP) is 5.25. The van der Waals surface area contributed by atoms with Gasteiger partial charge in [0.05, 0.1) is 23.6 Å². The van der Waals surface area contributed by atoms with E-state index in [1.807, 2.05) is 42.8 Å². The molecule has 0 spiro atoms. The van der Waals surface area contributed by atoms with Crippen LogP contribution in [-0.2, 0) is 11.3 Å². The van der Waals surface area contributed by atoms with E-state index in [-0.39, 0.29) is 17.7 Å². The Bertz CT molecular complexity index is 1010. The van der Waals surface area contributed by atoms with Gasteiger partial charge in [0.1, 0.15) is 0 Å². The number of aromatic nitrogens is 2. The van der Waals surface area contributed by atoms with Crippen molar-refractivity contribution in [3.8, 4) is 0 Å². The summed E-state index contributed by atoms with van der Waals surface area (Å²) in [6, 6.07) is 16.2. The van der Waals surface area contributed by atoms with E-state index in [1.54, 1.807) is 0 Å². The van der Waals surface area contributed by atoms with E-state index in [4.69, 9.17) is 11.6 Å². The van der Waals surface area contributed by atoms with Crippen LogP contribution in [0.2, 0.25) is 5.02 Å². The highest BCUT2D eigenvalue weighted by atomic mass is 35.5. The Morgan fingerprint density at radius 1 is 1.11 bits per heavy atom. The molecule has 1 aromatic heterocycles. The van der Waals surface area contributed by atoms with Crippen LogP contribution in [0.3, 0.4) is 0 Å². The summed E-state index contributed by atoms with van der Waals surface area (Å²) in [6.07, 6.45) is 0.878. The zero-order chi connectivity index (χ0) is 19.8. The molecule has 0 aliphatic heterocycles. The zero-order valence-electron chi connectivity index (χ0n) is 16.4. The second-order valence-corrected chi connectivity index (χ2v) is 8.11. The van der Waals surface area contributed by atoms with E-state index in [0.29, 0.717) is 6.54 Å². The topological polar surface area (TPSA) is 46.9 Å². The Kier molecular flexibility index (Phi) is 4.98. The Morgan fingerprint density at radius 3 is 2.46 bits per heavy atom. The van der Waals surface area contributed by atoms with E-state index in [0.717, 1.165) is 28.5 Å². The van der Waals surface area contributed by atoms with Crippen LogP contribution >= 0.6 is 11.6 Å². The number of hydrogen-bond donors (Lipinski definition) is 1. The molecule has 2 aromatic carbocycles. The van der Waals surface area contributed by atoms with Gasteiger partial charge in [0, 0.05) is 10.9 Å². The zero-order valence-corrected chi connectivity index (χ0v) is 17.1. The fourth-order valence-electron chi connectivity index (χ4n) is 3.68. The lowest BCUT2D eigenvalue weighted by atomic mass is 10.1. The number of carbonyl (C=O) groups is 1. The Balaban J connectivity index is 1.45. The van der Waals surface area contributed by atoms with Crippen LogP contribution in [0, 0.1) is 26.7 Å². The smallest absolute Gasteiger partial charge is 0.228 e. The van der Waals surface area contributed by atoms with Crippen molar-refractivity contribution in [2.24, 2.45) is 5.92 Å². The summed E-state index contributed by atoms with van der Waals surface area (Å²) in [7, 11) is 0. The van der Waals surface area contributed by atoms with Crippen LogP contribution < -0.4 is 5.32 Å². The van der Waals surface area contributed by atoms with Crippen LogP contribution in [0.4, 0.5) is 5.69 Å². The van der Waals surface area contributed by atoms with Gasteiger partial charge in [-0.1, -0.05) is 53.6 Å². The summed E-state index contributed by atoms with van der Waals surface area (Å²) in [5.74, 6) is 0.363. The van der Waals surface area contributed by atoms with Gasteiger partial charge in [-0.3, -0.25) is 9.48 Å². The molecule has 1 amide bonds. The Morgan fingerprint density at radius 2 is 1.79 bits per heavy atom. The Hall–Kier alpha value is -2.59. The number of anilines is 1. The van der Waals surface area contributed by atoms with Gasteiger partial charge in [-0.2, -0.15) is 5.10 Å². The highest BCUT2D eigenvalue weighted by molar-refractivity contribution is 6.30. The van der Waals surface area contributed by atoms with Gasteiger partial charge in [-0.25, -0.2) is 0 Å². The summed E-state index contributed by atoms with van der Waals surface area (Å²) >= 11 is 5.96. The van der Waals surface area contributed by atoms with Gasteiger partial charge in [0.2, 0.25) is 5.91 Å². The van der Waals surface area contributed by atoms with Crippen LogP contribution in [0.15, 0.2) is 48.5 Å². The van der Waals surface area contributed by atoms with Gasteiger partial charge >= 0.3 is 0 Å². The molecule has 2 unspecified atom stereocenters. The average Bonchev–Trinajstić information content (AvgIpc) is 3.43. The average molecular weight is 394 g/mol. The maximum absolute atomic E-state index is 12.8. The van der Waals surface area contributed by atoms with Crippen molar-refractivity contribution in [2.45, 2.75) is 39.7 Å². The van der Waals surface area contributed by atoms with Crippen LogP contribution in [0.1, 0.15) is 40.4 Å². The molecule has 0 radical (unpaired) electrons. The molecular weight excluding hydrogens is 370 g/mol. The minimum absolute atomic E-state index is 0.0143. The minimum atomic E-state index is 0.0143. The maximum atomic E-state index is 12.8. The molecule has 144 valence electrons. The molecule has 1 N–H and O–H groups in total. The first-order chi connectivity index (χ1) is 13.4. The molecule has 0 bridgehead atoms. The molecule has 0 saturated heterocycles. The summed E-state index contributed by atoms with van der Waals surface area (Å²) in [5.41, 5.74) is 6.27. The SMILES string of the molecule is Cc1ccc(Cn2nc(C)c(NC(=O)C3CC3c3ccc(Cl)cc3)c2C)cc1. The van der Waals surface area contributed by atoms with E-state index in [1.165, 1.54) is 16.7 Å². The van der Waals surface area contributed by atoms with E-state index in [2.05, 4.69) is 41.6 Å². The molecule has 28 heavy (non-hydrogen) atoms. The number of carbonyl (C=O) groups excluding carboxylic acids is 1. The second-order valence-electron chi connectivity index (χ2n) is 7.68. The number of rotatable bonds is 5. The molecule has 1 aliphatic carbocycles. The quantitative estimate of drug-likeness (QED) is 0.643. The fraction of sp³-hybridized carbons (Fsp3) is 0.304. The molecule has 4 nitrogen and oxygen atoms in total. The van der Waals surface area contributed by atoms with Gasteiger partial charge in [-0.05, 0) is 56.4 Å². The molecule has 4 rings (SSSR count). The highest BCUT2D eigenvalue weighted by Crippen LogP contribution is 2.48. The standard InChI is InChI=1S/C23H24ClN3O/c1-14-4-6-17(7-5-14)13-27-16(3)22(15(2)26-27)25-23(28)21-12-20(21)18-8-10-19(24)11-9-18/h4-11,20-21H,12-13H2,1-3H3,(H,25,28). The Labute approximate surface area is 170 Å². The largest absolute Gasteiger partial charge is 0.323 e. The van der Waals surface area contributed by atoms with Crippen molar-refractivity contribution in [2.75, 3.05) is 5.32 Å². The number of halogens is 1. The number of hydrogen-bond acceptors (Lipinski definition) is 2. The fourth-order valence-corrected chi connectivity index (χ4v) is 3.80. The molecule has 1 fully saturated rings. The summed E-state index contributed by atoms with van der Waals surface area (Å²) < 4.78 is 1.96. The van der Waals surface area contributed by atoms with Gasteiger partial charge in [0.15, 0.2) is 0 Å². The monoisotopic (exact) mass is 393 g/mol. The lowest BCUT2D eigenvalue weighted by Crippen LogP contribution is -2.16. The minimum Gasteiger partial charge on any atom is -0.323 e. The third kappa shape index (κ3) is 3.83. The first-order valence-corrected chi connectivity index (χ1v) is 9.96. The molecule has 1 saturated carbocycles. The predicted molar refractivity (Wildman–Crippen MR) is 113 cm³/mol. The number of amides is 1. The van der Waals surface area contributed by atoms with Crippen molar-refractivity contribution >= 4 is 23.2 Å². The van der Waals surface area contributed by atoms with Gasteiger partial charge in [-0.15, -0.1) is 0 Å². The summed E-state index contributed by atoms with van der Waals surface area (Å²) in [6.45, 7) is 6.72. The third-order valence-corrected chi connectivity index (χ3v) is 5.76. The number of nitrogens with zero attached hydrogens (tertiary/aromatic N) is 2. The molecule has 5 heteroatoms. The van der Waals surface area contributed by atoms with E-state index in [9.17, 15) is 4.79 Å². The number of aryl methyl sites for hydroxylation is 2. The lowest BCUT2D eigenvalue weighted by Gasteiger charge is -2.08. The van der Waals surface area contributed by atoms with E-state index >= 15 is 0 Å². The third-order valence-electron chi connectivity index (χ3n) is 5.51. The maximum Gasteiger partial charge on any atom is 0.228 e. The highest BCUT2D eigenvalue weighted by Gasteiger charge is 2.44. The van der Waals surface area contributed by atoms with Gasteiger partial charge < -0.3 is 5.32 Å². The lowest BCUT2D eigenvalue weighted by molar-refractivity contribution is -0.117. The first kappa shape index (κ1) is 18.8. The van der Waals surface area contributed by atoms with Crippen molar-refractivity contribution in [1.82, 2.24) is 9.78 Å². The van der Waals surface area contributed by atoms with Crippen molar-refractivity contribution in [1.29, 1.82) is 0 Å². The molecular formula is C23H24ClN3O. The summed E-state index contributed by atoms with van der Waals surface area (Å²) in [5, 5.41) is 8.47. The van der Waals surface area contributed by atoms with Crippen LogP contribution in [0.25, 0.3) is 0 Å².